The third kappa shape index (κ3) is 4.51. The summed E-state index contributed by atoms with van der Waals surface area (Å²) in [6, 6.07) is 8.03. The second kappa shape index (κ2) is 8.20. The molecule has 1 aliphatic carbocycles. The number of hydrogen-bond donors (Lipinski definition) is 1. The van der Waals surface area contributed by atoms with Crippen LogP contribution in [0.1, 0.15) is 37.7 Å². The lowest BCUT2D eigenvalue weighted by Crippen LogP contribution is -2.22. The maximum Gasteiger partial charge on any atom is 0.264 e. The number of amidine groups is 1. The summed E-state index contributed by atoms with van der Waals surface area (Å²) in [6.07, 6.45) is 9.64. The van der Waals surface area contributed by atoms with Gasteiger partial charge in [-0.25, -0.2) is 0 Å². The molecular weight excluding hydrogens is 320 g/mol. The van der Waals surface area contributed by atoms with Crippen LogP contribution in [0.3, 0.4) is 0 Å². The molecule has 1 saturated heterocycles. The molecule has 3 rings (SSSR count). The fourth-order valence-corrected chi connectivity index (χ4v) is 3.72. The van der Waals surface area contributed by atoms with Gasteiger partial charge in [-0.2, -0.15) is 0 Å². The van der Waals surface area contributed by atoms with Crippen LogP contribution in [-0.4, -0.2) is 23.7 Å². The number of rotatable bonds is 5. The largest absolute Gasteiger partial charge is 0.490 e. The Kier molecular flexibility index (Phi) is 5.75. The SMILES string of the molecule is C=CCOc1ccc(/C=C2\SC(=NC3CCCCC3)NC2=O)cc1. The number of carbonyl (C=O) groups is 1. The molecule has 126 valence electrons. The molecule has 0 atom stereocenters. The molecule has 1 N–H and O–H groups in total. The van der Waals surface area contributed by atoms with Crippen molar-refractivity contribution in [2.75, 3.05) is 6.61 Å². The van der Waals surface area contributed by atoms with Gasteiger partial charge in [-0.15, -0.1) is 0 Å². The van der Waals surface area contributed by atoms with Crippen LogP contribution < -0.4 is 10.1 Å². The van der Waals surface area contributed by atoms with Gasteiger partial charge in [0, 0.05) is 0 Å². The zero-order chi connectivity index (χ0) is 16.8. The Morgan fingerprint density at radius 1 is 1.25 bits per heavy atom. The molecule has 0 bridgehead atoms. The number of aliphatic imine (C=N–C) groups is 1. The summed E-state index contributed by atoms with van der Waals surface area (Å²) < 4.78 is 5.46. The van der Waals surface area contributed by atoms with E-state index in [0.717, 1.165) is 29.3 Å². The van der Waals surface area contributed by atoms with Gasteiger partial charge in [-0.1, -0.05) is 44.1 Å². The summed E-state index contributed by atoms with van der Waals surface area (Å²) in [4.78, 5) is 17.5. The molecule has 1 aliphatic heterocycles. The molecule has 5 heteroatoms. The average Bonchev–Trinajstić information content (AvgIpc) is 2.94. The van der Waals surface area contributed by atoms with Gasteiger partial charge in [0.15, 0.2) is 5.17 Å². The van der Waals surface area contributed by atoms with E-state index in [2.05, 4.69) is 11.9 Å². The highest BCUT2D eigenvalue weighted by Crippen LogP contribution is 2.29. The first kappa shape index (κ1) is 16.8. The van der Waals surface area contributed by atoms with Crippen molar-refractivity contribution in [1.29, 1.82) is 0 Å². The van der Waals surface area contributed by atoms with Crippen LogP contribution in [0.25, 0.3) is 6.08 Å². The molecule has 1 heterocycles. The number of ether oxygens (including phenoxy) is 1. The second-order valence-corrected chi connectivity index (χ2v) is 6.99. The summed E-state index contributed by atoms with van der Waals surface area (Å²) in [6.45, 7) is 4.11. The first-order valence-electron chi connectivity index (χ1n) is 8.37. The Balaban J connectivity index is 1.65. The topological polar surface area (TPSA) is 50.7 Å². The van der Waals surface area contributed by atoms with Crippen molar-refractivity contribution in [2.24, 2.45) is 4.99 Å². The summed E-state index contributed by atoms with van der Waals surface area (Å²) in [5.74, 6) is 0.724. The zero-order valence-electron chi connectivity index (χ0n) is 13.7. The smallest absolute Gasteiger partial charge is 0.264 e. The highest BCUT2D eigenvalue weighted by Gasteiger charge is 2.25. The summed E-state index contributed by atoms with van der Waals surface area (Å²) in [7, 11) is 0. The van der Waals surface area contributed by atoms with Crippen molar-refractivity contribution in [3.63, 3.8) is 0 Å². The molecule has 2 fully saturated rings. The van der Waals surface area contributed by atoms with Gasteiger partial charge in [0.2, 0.25) is 0 Å². The van der Waals surface area contributed by atoms with E-state index < -0.39 is 0 Å². The van der Waals surface area contributed by atoms with Crippen LogP contribution >= 0.6 is 11.8 Å². The van der Waals surface area contributed by atoms with Crippen molar-refractivity contribution < 1.29 is 9.53 Å². The molecule has 0 aromatic heterocycles. The van der Waals surface area contributed by atoms with Crippen LogP contribution in [-0.2, 0) is 4.79 Å². The molecule has 0 unspecified atom stereocenters. The lowest BCUT2D eigenvalue weighted by atomic mass is 9.96. The quantitative estimate of drug-likeness (QED) is 0.646. The first-order chi connectivity index (χ1) is 11.7. The fourth-order valence-electron chi connectivity index (χ4n) is 2.83. The number of amides is 1. The van der Waals surface area contributed by atoms with Crippen molar-refractivity contribution in [1.82, 2.24) is 5.32 Å². The summed E-state index contributed by atoms with van der Waals surface area (Å²) >= 11 is 1.43. The molecule has 1 aromatic carbocycles. The molecule has 24 heavy (non-hydrogen) atoms. The maximum atomic E-state index is 12.1. The van der Waals surface area contributed by atoms with Gasteiger partial charge >= 0.3 is 0 Å². The summed E-state index contributed by atoms with van der Waals surface area (Å²) in [5, 5.41) is 3.62. The number of carbonyl (C=O) groups excluding carboxylic acids is 1. The van der Waals surface area contributed by atoms with E-state index in [1.165, 1.54) is 31.0 Å². The molecule has 1 amide bonds. The molecule has 0 radical (unpaired) electrons. The highest BCUT2D eigenvalue weighted by atomic mass is 32.2. The summed E-state index contributed by atoms with van der Waals surface area (Å²) in [5.41, 5.74) is 0.970. The molecule has 1 saturated carbocycles. The fraction of sp³-hybridized carbons (Fsp3) is 0.368. The first-order valence-corrected chi connectivity index (χ1v) is 9.19. The number of benzene rings is 1. The van der Waals surface area contributed by atoms with E-state index in [1.54, 1.807) is 6.08 Å². The average molecular weight is 342 g/mol. The van der Waals surface area contributed by atoms with Crippen LogP contribution in [0.15, 0.2) is 46.8 Å². The maximum absolute atomic E-state index is 12.1. The standard InChI is InChI=1S/C19H22N2O2S/c1-2-12-23-16-10-8-14(9-11-16)13-17-18(22)21-19(24-17)20-15-6-4-3-5-7-15/h2,8-11,13,15H,1,3-7,12H2,(H,20,21,22)/b17-13-. The Bertz CT molecular complexity index is 658. The number of thioether (sulfide) groups is 1. The molecule has 1 aromatic rings. The van der Waals surface area contributed by atoms with Crippen molar-refractivity contribution in [3.05, 3.63) is 47.4 Å². The van der Waals surface area contributed by atoms with E-state index in [9.17, 15) is 4.79 Å². The monoisotopic (exact) mass is 342 g/mol. The van der Waals surface area contributed by atoms with E-state index in [0.29, 0.717) is 17.6 Å². The van der Waals surface area contributed by atoms with Crippen molar-refractivity contribution >= 4 is 28.9 Å². The predicted octanol–water partition coefficient (Wildman–Crippen LogP) is 4.14. The normalized spacial score (nSPS) is 21.9. The van der Waals surface area contributed by atoms with Crippen LogP contribution in [0.4, 0.5) is 0 Å². The highest BCUT2D eigenvalue weighted by molar-refractivity contribution is 8.18. The Labute approximate surface area is 147 Å². The van der Waals surface area contributed by atoms with Gasteiger partial charge in [0.1, 0.15) is 12.4 Å². The van der Waals surface area contributed by atoms with Gasteiger partial charge in [-0.05, 0) is 48.4 Å². The third-order valence-electron chi connectivity index (χ3n) is 4.07. The van der Waals surface area contributed by atoms with E-state index in [4.69, 9.17) is 9.73 Å². The Morgan fingerprint density at radius 2 is 2.00 bits per heavy atom. The lowest BCUT2D eigenvalue weighted by molar-refractivity contribution is -0.115. The van der Waals surface area contributed by atoms with E-state index >= 15 is 0 Å². The van der Waals surface area contributed by atoms with Crippen molar-refractivity contribution in [3.8, 4) is 5.75 Å². The predicted molar refractivity (Wildman–Crippen MR) is 100 cm³/mol. The molecular formula is C19H22N2O2S. The van der Waals surface area contributed by atoms with Crippen molar-refractivity contribution in [2.45, 2.75) is 38.1 Å². The van der Waals surface area contributed by atoms with Crippen LogP contribution in [0, 0.1) is 0 Å². The molecule has 4 nitrogen and oxygen atoms in total. The van der Waals surface area contributed by atoms with Crippen LogP contribution in [0.5, 0.6) is 5.75 Å². The van der Waals surface area contributed by atoms with Crippen LogP contribution in [0.2, 0.25) is 0 Å². The lowest BCUT2D eigenvalue weighted by Gasteiger charge is -2.17. The zero-order valence-corrected chi connectivity index (χ0v) is 14.5. The third-order valence-corrected chi connectivity index (χ3v) is 5.00. The number of nitrogens with zero attached hydrogens (tertiary/aromatic N) is 1. The van der Waals surface area contributed by atoms with Gasteiger partial charge in [0.05, 0.1) is 10.9 Å². The minimum atomic E-state index is -0.0680. The minimum absolute atomic E-state index is 0.0680. The van der Waals surface area contributed by atoms with E-state index in [-0.39, 0.29) is 5.91 Å². The molecule has 0 spiro atoms. The minimum Gasteiger partial charge on any atom is -0.490 e. The number of hydrogen-bond acceptors (Lipinski definition) is 4. The van der Waals surface area contributed by atoms with Gasteiger partial charge in [0.25, 0.3) is 5.91 Å². The Hall–Kier alpha value is -2.01. The molecule has 2 aliphatic rings. The van der Waals surface area contributed by atoms with Gasteiger partial charge < -0.3 is 10.1 Å². The number of nitrogens with one attached hydrogen (secondary N) is 1. The second-order valence-electron chi connectivity index (χ2n) is 5.96. The van der Waals surface area contributed by atoms with E-state index in [1.807, 2.05) is 30.3 Å². The Morgan fingerprint density at radius 3 is 2.71 bits per heavy atom. The van der Waals surface area contributed by atoms with Gasteiger partial charge in [-0.3, -0.25) is 9.79 Å².